The van der Waals surface area contributed by atoms with E-state index in [0.717, 1.165) is 11.0 Å². The highest BCUT2D eigenvalue weighted by Crippen LogP contribution is 2.33. The molecule has 11 nitrogen and oxygen atoms in total. The van der Waals surface area contributed by atoms with Crippen molar-refractivity contribution >= 4 is 39.9 Å². The van der Waals surface area contributed by atoms with Gasteiger partial charge >= 0.3 is 0 Å². The molecule has 0 bridgehead atoms. The van der Waals surface area contributed by atoms with Crippen LogP contribution in [-0.4, -0.2) is 72.5 Å². The molecular weight excluding hydrogens is 551 g/mol. The van der Waals surface area contributed by atoms with Crippen molar-refractivity contribution in [1.82, 2.24) is 34.4 Å². The Hall–Kier alpha value is -5.27. The maximum absolute atomic E-state index is 15.3. The Morgan fingerprint density at radius 2 is 2.00 bits per heavy atom. The number of piperazine rings is 1. The van der Waals surface area contributed by atoms with E-state index in [1.165, 1.54) is 18.7 Å². The monoisotopic (exact) mass is 575 g/mol. The Morgan fingerprint density at radius 1 is 1.14 bits per heavy atom. The number of nitrogens with zero attached hydrogens (tertiary/aromatic N) is 8. The van der Waals surface area contributed by atoms with Gasteiger partial charge in [-0.3, -0.25) is 4.79 Å². The summed E-state index contributed by atoms with van der Waals surface area (Å²) in [5, 5.41) is 7.03. The fourth-order valence-electron chi connectivity index (χ4n) is 4.81. The Morgan fingerprint density at radius 3 is 2.81 bits per heavy atom. The number of benzene rings is 1. The first-order valence-electron chi connectivity index (χ1n) is 12.9. The van der Waals surface area contributed by atoms with Gasteiger partial charge in [0.1, 0.15) is 47.3 Å². The van der Waals surface area contributed by atoms with E-state index in [1.807, 2.05) is 0 Å². The molecule has 1 aliphatic heterocycles. The molecule has 1 atom stereocenters. The van der Waals surface area contributed by atoms with Crippen molar-refractivity contribution in [2.75, 3.05) is 29.9 Å². The summed E-state index contributed by atoms with van der Waals surface area (Å²) < 4.78 is 50.4. The number of ether oxygens (including phenoxy) is 1. The highest BCUT2D eigenvalue weighted by Gasteiger charge is 2.36. The zero-order chi connectivity index (χ0) is 29.4. The van der Waals surface area contributed by atoms with Crippen LogP contribution in [0.2, 0.25) is 0 Å². The first kappa shape index (κ1) is 26.9. The van der Waals surface area contributed by atoms with E-state index in [9.17, 15) is 13.6 Å². The van der Waals surface area contributed by atoms with Crippen LogP contribution in [0.15, 0.2) is 67.9 Å². The number of rotatable bonds is 7. The number of pyridine rings is 2. The van der Waals surface area contributed by atoms with Crippen LogP contribution in [0.25, 0.3) is 16.7 Å². The molecule has 1 saturated heterocycles. The molecule has 0 aliphatic carbocycles. The zero-order valence-corrected chi connectivity index (χ0v) is 22.3. The fraction of sp³-hybridized carbons (Fsp3) is 0.214. The van der Waals surface area contributed by atoms with Crippen LogP contribution >= 0.6 is 0 Å². The smallest absolute Gasteiger partial charge is 0.260 e. The number of carbonyl (C=O) groups is 1. The molecule has 1 fully saturated rings. The third-order valence-electron chi connectivity index (χ3n) is 6.96. The van der Waals surface area contributed by atoms with Crippen LogP contribution < -0.4 is 15.0 Å². The van der Waals surface area contributed by atoms with Gasteiger partial charge in [-0.05, 0) is 42.8 Å². The Kier molecular flexibility index (Phi) is 7.02. The van der Waals surface area contributed by atoms with E-state index in [1.54, 1.807) is 52.9 Å². The van der Waals surface area contributed by atoms with Crippen LogP contribution in [0.1, 0.15) is 5.56 Å². The molecule has 42 heavy (non-hydrogen) atoms. The number of carbonyl (C=O) groups excluding carboxylic acids is 1. The summed E-state index contributed by atoms with van der Waals surface area (Å²) in [5.74, 6) is 0.290. The highest BCUT2D eigenvalue weighted by atomic mass is 19.3. The van der Waals surface area contributed by atoms with Gasteiger partial charge in [0.15, 0.2) is 11.5 Å². The van der Waals surface area contributed by atoms with Gasteiger partial charge in [0.2, 0.25) is 5.91 Å². The lowest BCUT2D eigenvalue weighted by molar-refractivity contribution is -0.132. The van der Waals surface area contributed by atoms with Crippen molar-refractivity contribution in [2.24, 2.45) is 0 Å². The van der Waals surface area contributed by atoms with Gasteiger partial charge in [-0.2, -0.15) is 5.10 Å². The second-order valence-electron chi connectivity index (χ2n) is 9.59. The second kappa shape index (κ2) is 11.0. The largest absolute Gasteiger partial charge is 0.457 e. The van der Waals surface area contributed by atoms with E-state index in [4.69, 9.17) is 4.74 Å². The van der Waals surface area contributed by atoms with Crippen molar-refractivity contribution in [3.63, 3.8) is 0 Å². The Bertz CT molecular complexity index is 1810. The lowest BCUT2D eigenvalue weighted by atomic mass is 10.1. The van der Waals surface area contributed by atoms with Gasteiger partial charge in [0.05, 0.1) is 11.2 Å². The summed E-state index contributed by atoms with van der Waals surface area (Å²) in [6.45, 7) is 5.44. The summed E-state index contributed by atoms with van der Waals surface area (Å²) in [5.41, 5.74) is 2.17. The van der Waals surface area contributed by atoms with Crippen molar-refractivity contribution in [3.05, 3.63) is 79.3 Å². The lowest BCUT2D eigenvalue weighted by Gasteiger charge is -2.41. The normalized spacial score (nSPS) is 15.4. The molecule has 0 radical (unpaired) electrons. The Labute approximate surface area is 237 Å². The Balaban J connectivity index is 1.26. The van der Waals surface area contributed by atoms with Crippen molar-refractivity contribution in [3.8, 4) is 11.5 Å². The molecule has 0 saturated carbocycles. The number of halogens is 3. The molecule has 0 spiro atoms. The molecule has 1 amide bonds. The number of aromatic nitrogens is 6. The number of amides is 1. The molecule has 214 valence electrons. The molecule has 5 aromatic rings. The number of hydrogen-bond acceptors (Lipinski definition) is 9. The summed E-state index contributed by atoms with van der Waals surface area (Å²) in [6.07, 6.45) is 2.72. The number of hydrogen-bond donors (Lipinski definition) is 1. The van der Waals surface area contributed by atoms with Gasteiger partial charge in [-0.25, -0.2) is 37.6 Å². The van der Waals surface area contributed by atoms with E-state index in [0.29, 0.717) is 39.6 Å². The number of alkyl halides is 2. The van der Waals surface area contributed by atoms with Crippen LogP contribution in [0, 0.1) is 12.7 Å². The first-order valence-corrected chi connectivity index (χ1v) is 12.9. The average molecular weight is 576 g/mol. The highest BCUT2D eigenvalue weighted by molar-refractivity contribution is 5.89. The van der Waals surface area contributed by atoms with E-state index in [-0.39, 0.29) is 31.1 Å². The molecular formula is C28H24F3N9O2. The van der Waals surface area contributed by atoms with Gasteiger partial charge < -0.3 is 19.9 Å². The summed E-state index contributed by atoms with van der Waals surface area (Å²) in [4.78, 5) is 32.1. The standard InChI is InChI=1S/C28H24F3N9O2/c1-3-25(41)39-9-8-38(13-21(39)27(30)31)23-5-4-19-26(37-23)28(34-14-32-19)36-20-10-16(2)22(12-18(20)29)42-17-6-7-40-24(11-17)33-15-35-40/h3-7,10-12,14-15,21,27H,1,8-9,13H2,2H3,(H,32,34,36)/t21-/m1/s1. The molecule has 5 heterocycles. The molecule has 1 N–H and O–H groups in total. The van der Waals surface area contributed by atoms with Crippen LogP contribution in [0.5, 0.6) is 11.5 Å². The van der Waals surface area contributed by atoms with E-state index in [2.05, 4.69) is 36.9 Å². The number of anilines is 3. The minimum Gasteiger partial charge on any atom is -0.457 e. The van der Waals surface area contributed by atoms with Crippen LogP contribution in [-0.2, 0) is 4.79 Å². The average Bonchev–Trinajstić information content (AvgIpc) is 3.47. The molecule has 1 aliphatic rings. The topological polar surface area (TPSA) is 114 Å². The minimum absolute atomic E-state index is 0.0850. The summed E-state index contributed by atoms with van der Waals surface area (Å²) in [6, 6.07) is 8.27. The number of aryl methyl sites for hydroxylation is 1. The van der Waals surface area contributed by atoms with Crippen molar-refractivity contribution in [2.45, 2.75) is 19.4 Å². The fourth-order valence-corrected chi connectivity index (χ4v) is 4.81. The number of fused-ring (bicyclic) bond motifs is 2. The van der Waals surface area contributed by atoms with Crippen LogP contribution in [0.3, 0.4) is 0 Å². The first-order chi connectivity index (χ1) is 20.3. The van der Waals surface area contributed by atoms with E-state index >= 15 is 4.39 Å². The summed E-state index contributed by atoms with van der Waals surface area (Å²) in [7, 11) is 0. The molecule has 4 aromatic heterocycles. The molecule has 1 aromatic carbocycles. The predicted octanol–water partition coefficient (Wildman–Crippen LogP) is 4.52. The van der Waals surface area contributed by atoms with Gasteiger partial charge in [-0.1, -0.05) is 6.58 Å². The van der Waals surface area contributed by atoms with E-state index < -0.39 is 24.2 Å². The van der Waals surface area contributed by atoms with Gasteiger partial charge in [-0.15, -0.1) is 0 Å². The second-order valence-corrected chi connectivity index (χ2v) is 9.59. The summed E-state index contributed by atoms with van der Waals surface area (Å²) >= 11 is 0. The maximum atomic E-state index is 15.3. The predicted molar refractivity (Wildman–Crippen MR) is 149 cm³/mol. The minimum atomic E-state index is -2.75. The lowest BCUT2D eigenvalue weighted by Crippen LogP contribution is -2.57. The quantitative estimate of drug-likeness (QED) is 0.280. The van der Waals surface area contributed by atoms with Crippen LogP contribution in [0.4, 0.5) is 30.5 Å². The maximum Gasteiger partial charge on any atom is 0.260 e. The SMILES string of the molecule is C=CC(=O)N1CCN(c2ccc3ncnc(Nc4cc(C)c(Oc5ccn6ncnc6c5)cc4F)c3n2)C[C@@H]1C(F)F. The van der Waals surface area contributed by atoms with Crippen molar-refractivity contribution in [1.29, 1.82) is 0 Å². The third kappa shape index (κ3) is 5.13. The van der Waals surface area contributed by atoms with Crippen molar-refractivity contribution < 1.29 is 22.7 Å². The molecule has 14 heteroatoms. The van der Waals surface area contributed by atoms with Gasteiger partial charge in [0, 0.05) is 38.0 Å². The molecule has 6 rings (SSSR count). The third-order valence-corrected chi connectivity index (χ3v) is 6.96. The zero-order valence-electron chi connectivity index (χ0n) is 22.3. The molecule has 0 unspecified atom stereocenters. The van der Waals surface area contributed by atoms with Gasteiger partial charge in [0.25, 0.3) is 6.43 Å². The number of nitrogens with one attached hydrogen (secondary N) is 1.